The second-order valence-electron chi connectivity index (χ2n) is 14.7. The molecule has 9 aromatic carbocycles. The normalized spacial score (nSPS) is 12.2. The molecule has 0 spiro atoms. The molecule has 1 aliphatic rings. The second kappa shape index (κ2) is 11.0. The van der Waals surface area contributed by atoms with Crippen LogP contribution in [0.3, 0.4) is 0 Å². The van der Waals surface area contributed by atoms with Crippen LogP contribution in [0.15, 0.2) is 180 Å². The zero-order valence-corrected chi connectivity index (χ0v) is 29.5. The Morgan fingerprint density at radius 3 is 1.69 bits per heavy atom. The van der Waals surface area contributed by atoms with Crippen molar-refractivity contribution >= 4 is 82.4 Å². The molecule has 0 N–H and O–H groups in total. The van der Waals surface area contributed by atoms with E-state index < -0.39 is 0 Å². The van der Waals surface area contributed by atoms with Crippen LogP contribution in [0.25, 0.3) is 93.2 Å². The maximum Gasteiger partial charge on any atom is 0.159 e. The average Bonchev–Trinajstić information content (AvgIpc) is 3.77. The Labute approximate surface area is 311 Å². The molecule has 0 unspecified atom stereocenters. The van der Waals surface area contributed by atoms with Gasteiger partial charge < -0.3 is 13.9 Å². The van der Waals surface area contributed by atoms with Crippen LogP contribution in [-0.4, -0.2) is 4.57 Å². The number of fused-ring (bicyclic) bond motifs is 12. The van der Waals surface area contributed by atoms with E-state index in [9.17, 15) is 0 Å². The lowest BCUT2D eigenvalue weighted by Gasteiger charge is -2.28. The number of para-hydroxylation sites is 4. The first-order valence-corrected chi connectivity index (χ1v) is 18.6. The highest BCUT2D eigenvalue weighted by molar-refractivity contribution is 6.14. The molecule has 2 aromatic heterocycles. The van der Waals surface area contributed by atoms with Crippen molar-refractivity contribution in [3.63, 3.8) is 0 Å². The third kappa shape index (κ3) is 4.18. The summed E-state index contributed by atoms with van der Waals surface area (Å²) in [6.07, 6.45) is 0. The second-order valence-corrected chi connectivity index (χ2v) is 14.7. The Bertz CT molecular complexity index is 3290. The molecule has 3 heteroatoms. The van der Waals surface area contributed by atoms with E-state index >= 15 is 0 Å². The SMILES string of the molecule is Cc1ccc(N(c2ccc3cc4c(cc3c2)-c2cc3cc(-n5c6ccccc6c6ccccc65)ccc3cc2-4)c2cccc3c2oc2ccccc23)cc1. The molecule has 3 nitrogen and oxygen atoms in total. The number of hydrogen-bond acceptors (Lipinski definition) is 2. The van der Waals surface area contributed by atoms with E-state index in [1.165, 1.54) is 76.9 Å². The molecule has 0 atom stereocenters. The molecule has 252 valence electrons. The number of aromatic nitrogens is 1. The van der Waals surface area contributed by atoms with Crippen molar-refractivity contribution in [2.45, 2.75) is 6.92 Å². The van der Waals surface area contributed by atoms with E-state index in [-0.39, 0.29) is 0 Å². The van der Waals surface area contributed by atoms with E-state index in [4.69, 9.17) is 4.42 Å². The van der Waals surface area contributed by atoms with Gasteiger partial charge in [0.05, 0.1) is 16.7 Å². The minimum absolute atomic E-state index is 0.887. The summed E-state index contributed by atoms with van der Waals surface area (Å²) in [5.41, 5.74) is 15.1. The summed E-state index contributed by atoms with van der Waals surface area (Å²) in [5.74, 6) is 0. The van der Waals surface area contributed by atoms with E-state index in [1.54, 1.807) is 0 Å². The Balaban J connectivity index is 0.993. The average molecular weight is 689 g/mol. The largest absolute Gasteiger partial charge is 0.454 e. The van der Waals surface area contributed by atoms with Gasteiger partial charge in [-0.25, -0.2) is 0 Å². The van der Waals surface area contributed by atoms with Crippen molar-refractivity contribution in [1.82, 2.24) is 4.57 Å². The first-order chi connectivity index (χ1) is 26.7. The lowest BCUT2D eigenvalue weighted by molar-refractivity contribution is 0.669. The standard InChI is InChI=1S/C51H32N2O/c1-31-17-21-36(22-18-31)52(49-15-8-12-42-41-11-4-7-16-50(41)54-51(42)49)37-23-19-32-27-43-44-28-33-20-24-38(26-35(33)30-46(44)45(43)29-34(32)25-37)53-47-13-5-2-9-39(47)40-10-3-6-14-48(40)53/h2-30H,1H3. The van der Waals surface area contributed by atoms with Crippen LogP contribution in [0.1, 0.15) is 5.56 Å². The molecule has 0 aliphatic heterocycles. The van der Waals surface area contributed by atoms with E-state index in [2.05, 4.69) is 186 Å². The van der Waals surface area contributed by atoms with Crippen molar-refractivity contribution < 1.29 is 4.42 Å². The van der Waals surface area contributed by atoms with Crippen LogP contribution in [-0.2, 0) is 0 Å². The van der Waals surface area contributed by atoms with Gasteiger partial charge in [0.15, 0.2) is 5.58 Å². The van der Waals surface area contributed by atoms with Gasteiger partial charge in [0.1, 0.15) is 5.58 Å². The van der Waals surface area contributed by atoms with Gasteiger partial charge in [-0.3, -0.25) is 0 Å². The predicted octanol–water partition coefficient (Wildman–Crippen LogP) is 14.4. The Hall–Kier alpha value is -7.10. The monoisotopic (exact) mass is 688 g/mol. The number of rotatable bonds is 4. The molecule has 0 saturated heterocycles. The van der Waals surface area contributed by atoms with Gasteiger partial charge in [-0.1, -0.05) is 96.6 Å². The summed E-state index contributed by atoms with van der Waals surface area (Å²) in [4.78, 5) is 2.33. The number of aryl methyl sites for hydroxylation is 1. The summed E-state index contributed by atoms with van der Waals surface area (Å²) in [7, 11) is 0. The van der Waals surface area contributed by atoms with Crippen molar-refractivity contribution in [1.29, 1.82) is 0 Å². The maximum absolute atomic E-state index is 6.57. The zero-order valence-electron chi connectivity index (χ0n) is 29.5. The smallest absolute Gasteiger partial charge is 0.159 e. The third-order valence-corrected chi connectivity index (χ3v) is 11.5. The van der Waals surface area contributed by atoms with E-state index in [1.807, 2.05) is 6.07 Å². The molecular weight excluding hydrogens is 657 g/mol. The van der Waals surface area contributed by atoms with Crippen LogP contribution < -0.4 is 4.90 Å². The van der Waals surface area contributed by atoms with Gasteiger partial charge >= 0.3 is 0 Å². The quantitative estimate of drug-likeness (QED) is 0.184. The first kappa shape index (κ1) is 29.5. The molecule has 12 rings (SSSR count). The van der Waals surface area contributed by atoms with Crippen LogP contribution in [0, 0.1) is 6.92 Å². The summed E-state index contributed by atoms with van der Waals surface area (Å²) in [5, 5.41) is 9.75. The molecule has 54 heavy (non-hydrogen) atoms. The van der Waals surface area contributed by atoms with E-state index in [0.29, 0.717) is 0 Å². The Morgan fingerprint density at radius 1 is 0.426 bits per heavy atom. The Morgan fingerprint density at radius 2 is 0.981 bits per heavy atom. The van der Waals surface area contributed by atoms with Crippen LogP contribution >= 0.6 is 0 Å². The van der Waals surface area contributed by atoms with Crippen LogP contribution in [0.4, 0.5) is 17.1 Å². The van der Waals surface area contributed by atoms with Crippen molar-refractivity contribution in [2.24, 2.45) is 0 Å². The van der Waals surface area contributed by atoms with E-state index in [0.717, 1.165) is 39.0 Å². The first-order valence-electron chi connectivity index (χ1n) is 18.6. The highest BCUT2D eigenvalue weighted by atomic mass is 16.3. The summed E-state index contributed by atoms with van der Waals surface area (Å²) < 4.78 is 8.97. The minimum Gasteiger partial charge on any atom is -0.454 e. The van der Waals surface area contributed by atoms with Gasteiger partial charge in [-0.15, -0.1) is 0 Å². The maximum atomic E-state index is 6.57. The van der Waals surface area contributed by atoms with Crippen molar-refractivity contribution in [2.75, 3.05) is 4.90 Å². The van der Waals surface area contributed by atoms with Gasteiger partial charge in [-0.05, 0) is 136 Å². The molecule has 2 heterocycles. The van der Waals surface area contributed by atoms with Gasteiger partial charge in [0.25, 0.3) is 0 Å². The summed E-state index contributed by atoms with van der Waals surface area (Å²) >= 11 is 0. The third-order valence-electron chi connectivity index (χ3n) is 11.5. The highest BCUT2D eigenvalue weighted by Crippen LogP contribution is 2.51. The number of nitrogens with zero attached hydrogens (tertiary/aromatic N) is 2. The van der Waals surface area contributed by atoms with Gasteiger partial charge in [-0.2, -0.15) is 0 Å². The fourth-order valence-corrected chi connectivity index (χ4v) is 8.91. The fourth-order valence-electron chi connectivity index (χ4n) is 8.91. The number of anilines is 3. The molecule has 1 aliphatic carbocycles. The molecule has 0 amide bonds. The summed E-state index contributed by atoms with van der Waals surface area (Å²) in [6.45, 7) is 2.13. The molecular formula is C51H32N2O. The van der Waals surface area contributed by atoms with Crippen molar-refractivity contribution in [3.8, 4) is 27.9 Å². The van der Waals surface area contributed by atoms with Crippen LogP contribution in [0.5, 0.6) is 0 Å². The number of hydrogen-bond donors (Lipinski definition) is 0. The van der Waals surface area contributed by atoms with Gasteiger partial charge in [0.2, 0.25) is 0 Å². The highest BCUT2D eigenvalue weighted by Gasteiger charge is 2.25. The topological polar surface area (TPSA) is 21.3 Å². The molecule has 0 saturated carbocycles. The summed E-state index contributed by atoms with van der Waals surface area (Å²) in [6, 6.07) is 64.2. The molecule has 0 bridgehead atoms. The molecule has 11 aromatic rings. The molecule has 0 fully saturated rings. The van der Waals surface area contributed by atoms with Crippen LogP contribution in [0.2, 0.25) is 0 Å². The number of benzene rings is 9. The number of furan rings is 1. The molecule has 0 radical (unpaired) electrons. The predicted molar refractivity (Wildman–Crippen MR) is 227 cm³/mol. The lowest BCUT2D eigenvalue weighted by Crippen LogP contribution is -2.10. The minimum atomic E-state index is 0.887. The fraction of sp³-hybridized carbons (Fsp3) is 0.0196. The van der Waals surface area contributed by atoms with Crippen molar-refractivity contribution in [3.05, 3.63) is 181 Å². The Kier molecular flexibility index (Phi) is 5.98. The zero-order chi connectivity index (χ0) is 35.5. The van der Waals surface area contributed by atoms with Gasteiger partial charge in [0, 0.05) is 38.6 Å². The lowest BCUT2D eigenvalue weighted by atomic mass is 9.78.